The maximum absolute atomic E-state index is 7.23. The van der Waals surface area contributed by atoms with Crippen molar-refractivity contribution in [2.24, 2.45) is 5.41 Å². The van der Waals surface area contributed by atoms with Gasteiger partial charge in [-0.15, -0.1) is 0 Å². The first-order chi connectivity index (χ1) is 16.2. The van der Waals surface area contributed by atoms with E-state index >= 15 is 0 Å². The molecule has 1 saturated carbocycles. The van der Waals surface area contributed by atoms with Crippen LogP contribution in [0.2, 0.25) is 0 Å². The minimum atomic E-state index is -0.992. The highest BCUT2D eigenvalue weighted by atomic mass is 16.7. The second-order valence-corrected chi connectivity index (χ2v) is 9.68. The fourth-order valence-corrected chi connectivity index (χ4v) is 6.84. The average Bonchev–Trinajstić information content (AvgIpc) is 3.39. The van der Waals surface area contributed by atoms with Crippen molar-refractivity contribution in [1.29, 1.82) is 0 Å². The topological polar surface area (TPSA) is 27.7 Å². The lowest BCUT2D eigenvalue weighted by Crippen LogP contribution is -2.59. The van der Waals surface area contributed by atoms with Gasteiger partial charge in [0.1, 0.15) is 5.60 Å². The second-order valence-electron chi connectivity index (χ2n) is 9.68. The molecule has 2 bridgehead atoms. The van der Waals surface area contributed by atoms with Gasteiger partial charge in [0.05, 0.1) is 18.3 Å². The molecule has 3 aromatic carbocycles. The first-order valence-corrected chi connectivity index (χ1v) is 12.0. The van der Waals surface area contributed by atoms with Crippen LogP contribution in [-0.2, 0) is 32.0 Å². The average molecular weight is 439 g/mol. The molecule has 1 spiro atoms. The van der Waals surface area contributed by atoms with Gasteiger partial charge in [0.25, 0.3) is 0 Å². The largest absolute Gasteiger partial charge is 0.484 e. The Balaban J connectivity index is 1.57. The zero-order chi connectivity index (χ0) is 22.4. The summed E-state index contributed by atoms with van der Waals surface area (Å²) in [6.45, 7) is 2.54. The van der Waals surface area contributed by atoms with Crippen LogP contribution < -0.4 is 0 Å². The summed E-state index contributed by atoms with van der Waals surface area (Å²) in [6.07, 6.45) is 8.35. The van der Waals surface area contributed by atoms with E-state index in [0.29, 0.717) is 6.61 Å². The Kier molecular flexibility index (Phi) is 4.76. The zero-order valence-electron chi connectivity index (χ0n) is 19.1. The number of hydrogen-bond donors (Lipinski definition) is 0. The van der Waals surface area contributed by atoms with Crippen molar-refractivity contribution in [2.75, 3.05) is 0 Å². The van der Waals surface area contributed by atoms with E-state index in [1.807, 2.05) is 24.5 Å². The van der Waals surface area contributed by atoms with Gasteiger partial charge in [0, 0.05) is 5.56 Å². The number of rotatable bonds is 5. The smallest absolute Gasteiger partial charge is 0.212 e. The van der Waals surface area contributed by atoms with E-state index in [4.69, 9.17) is 14.2 Å². The SMILES string of the molecule is C[C@]1(OCc2ccccc2)O[C@@]2(c3ccccc3)C=CO[C@]1(c1ccccc1)C21CCCC1. The summed E-state index contributed by atoms with van der Waals surface area (Å²) < 4.78 is 20.8. The predicted molar refractivity (Wildman–Crippen MR) is 128 cm³/mol. The lowest BCUT2D eigenvalue weighted by molar-refractivity contribution is -0.297. The van der Waals surface area contributed by atoms with Gasteiger partial charge in [-0.3, -0.25) is 0 Å². The van der Waals surface area contributed by atoms with Gasteiger partial charge in [0.2, 0.25) is 5.79 Å². The highest BCUT2D eigenvalue weighted by Gasteiger charge is 2.81. The number of hydrogen-bond acceptors (Lipinski definition) is 3. The minimum absolute atomic E-state index is 0.275. The predicted octanol–water partition coefficient (Wildman–Crippen LogP) is 6.84. The molecule has 3 aromatic rings. The molecule has 3 aliphatic rings. The summed E-state index contributed by atoms with van der Waals surface area (Å²) in [5.41, 5.74) is 1.74. The summed E-state index contributed by atoms with van der Waals surface area (Å²) in [6, 6.07) is 31.5. The van der Waals surface area contributed by atoms with Gasteiger partial charge < -0.3 is 14.2 Å². The standard InChI is InChI=1S/C30H30O3/c1-27(32-23-24-13-5-2-6-14-24)30(26-17-9-4-10-18-26)28(19-11-12-20-28)29(33-27,21-22-31-30)25-15-7-3-8-16-25/h2-10,13-18,21-22H,11-12,19-20,23H2,1H3/t27-,29+,30-/m0/s1. The summed E-state index contributed by atoms with van der Waals surface area (Å²) in [4.78, 5) is 0. The van der Waals surface area contributed by atoms with Gasteiger partial charge in [0.15, 0.2) is 5.60 Å². The molecule has 1 saturated heterocycles. The molecular formula is C30H30O3. The van der Waals surface area contributed by atoms with Crippen molar-refractivity contribution in [1.82, 2.24) is 0 Å². The molecule has 1 aliphatic carbocycles. The molecule has 0 aromatic heterocycles. The van der Waals surface area contributed by atoms with Crippen molar-refractivity contribution >= 4 is 0 Å². The van der Waals surface area contributed by atoms with Crippen LogP contribution >= 0.6 is 0 Å². The van der Waals surface area contributed by atoms with E-state index in [1.165, 1.54) is 5.56 Å². The van der Waals surface area contributed by atoms with Gasteiger partial charge in [-0.2, -0.15) is 0 Å². The Morgan fingerprint density at radius 1 is 0.758 bits per heavy atom. The molecular weight excluding hydrogens is 408 g/mol. The van der Waals surface area contributed by atoms with Crippen molar-refractivity contribution in [2.45, 2.75) is 56.2 Å². The van der Waals surface area contributed by atoms with Crippen molar-refractivity contribution < 1.29 is 14.2 Å². The van der Waals surface area contributed by atoms with Crippen LogP contribution in [-0.4, -0.2) is 5.79 Å². The molecule has 0 radical (unpaired) electrons. The lowest BCUT2D eigenvalue weighted by Gasteiger charge is -2.52. The van der Waals surface area contributed by atoms with Crippen LogP contribution in [0.1, 0.15) is 49.3 Å². The van der Waals surface area contributed by atoms with Crippen molar-refractivity contribution in [3.05, 3.63) is 120 Å². The second kappa shape index (κ2) is 7.58. The first kappa shape index (κ1) is 20.7. The highest BCUT2D eigenvalue weighted by Crippen LogP contribution is 2.75. The zero-order valence-corrected chi connectivity index (χ0v) is 19.1. The molecule has 168 valence electrons. The molecule has 0 N–H and O–H groups in total. The summed E-state index contributed by atoms with van der Waals surface area (Å²) >= 11 is 0. The Morgan fingerprint density at radius 3 is 1.97 bits per heavy atom. The molecule has 0 amide bonds. The van der Waals surface area contributed by atoms with Gasteiger partial charge >= 0.3 is 0 Å². The van der Waals surface area contributed by atoms with Crippen LogP contribution in [0.25, 0.3) is 0 Å². The lowest BCUT2D eigenvalue weighted by atomic mass is 9.55. The molecule has 3 atom stereocenters. The van der Waals surface area contributed by atoms with Gasteiger partial charge in [-0.25, -0.2) is 0 Å². The van der Waals surface area contributed by atoms with Crippen molar-refractivity contribution in [3.8, 4) is 0 Å². The van der Waals surface area contributed by atoms with E-state index in [9.17, 15) is 0 Å². The Labute approximate surface area is 196 Å². The van der Waals surface area contributed by atoms with E-state index in [0.717, 1.165) is 36.8 Å². The first-order valence-electron chi connectivity index (χ1n) is 12.0. The van der Waals surface area contributed by atoms with Crippen LogP contribution in [0.5, 0.6) is 0 Å². The third-order valence-corrected chi connectivity index (χ3v) is 8.12. The summed E-state index contributed by atoms with van der Waals surface area (Å²) in [5, 5.41) is 0. The summed E-state index contributed by atoms with van der Waals surface area (Å²) in [5.74, 6) is -0.992. The maximum atomic E-state index is 7.23. The summed E-state index contributed by atoms with van der Waals surface area (Å²) in [7, 11) is 0. The van der Waals surface area contributed by atoms with E-state index in [2.05, 4.69) is 85.8 Å². The van der Waals surface area contributed by atoms with Gasteiger partial charge in [-0.05, 0) is 37.0 Å². The van der Waals surface area contributed by atoms with Crippen molar-refractivity contribution in [3.63, 3.8) is 0 Å². The fourth-order valence-electron chi connectivity index (χ4n) is 6.84. The quantitative estimate of drug-likeness (QED) is 0.436. The molecule has 6 rings (SSSR count). The Bertz CT molecular complexity index is 1140. The highest BCUT2D eigenvalue weighted by molar-refractivity contribution is 5.45. The van der Waals surface area contributed by atoms with Gasteiger partial charge in [-0.1, -0.05) is 104 Å². The Morgan fingerprint density at radius 2 is 1.33 bits per heavy atom. The third-order valence-electron chi connectivity index (χ3n) is 8.12. The molecule has 2 aliphatic heterocycles. The van der Waals surface area contributed by atoms with E-state index in [-0.39, 0.29) is 5.41 Å². The van der Waals surface area contributed by atoms with Crippen LogP contribution in [0.4, 0.5) is 0 Å². The van der Waals surface area contributed by atoms with Crippen LogP contribution in [0.3, 0.4) is 0 Å². The van der Waals surface area contributed by atoms with E-state index in [1.54, 1.807) is 0 Å². The number of benzene rings is 3. The molecule has 3 heteroatoms. The van der Waals surface area contributed by atoms with Crippen LogP contribution in [0, 0.1) is 5.41 Å². The molecule has 0 unspecified atom stereocenters. The third kappa shape index (κ3) is 2.70. The van der Waals surface area contributed by atoms with E-state index < -0.39 is 17.0 Å². The normalized spacial score (nSPS) is 31.5. The number of ether oxygens (including phenoxy) is 3. The molecule has 2 heterocycles. The van der Waals surface area contributed by atoms with Crippen LogP contribution in [0.15, 0.2) is 103 Å². The molecule has 33 heavy (non-hydrogen) atoms. The molecule has 3 nitrogen and oxygen atoms in total. The Hall–Kier alpha value is -2.88. The maximum Gasteiger partial charge on any atom is 0.212 e. The fraction of sp³-hybridized carbons (Fsp3) is 0.333. The monoisotopic (exact) mass is 438 g/mol. The minimum Gasteiger partial charge on any atom is -0.484 e. The molecule has 2 fully saturated rings.